The molecule has 3 nitrogen and oxygen atoms in total. The van der Waals surface area contributed by atoms with E-state index < -0.39 is 12.1 Å². The van der Waals surface area contributed by atoms with Crippen molar-refractivity contribution in [3.63, 3.8) is 0 Å². The number of rotatable bonds is 4. The maximum atomic E-state index is 11.9. The van der Waals surface area contributed by atoms with Crippen LogP contribution in [0.3, 0.4) is 0 Å². The summed E-state index contributed by atoms with van der Waals surface area (Å²) in [7, 11) is 0. The van der Waals surface area contributed by atoms with Crippen molar-refractivity contribution in [1.82, 2.24) is 5.32 Å². The summed E-state index contributed by atoms with van der Waals surface area (Å²) in [6.45, 7) is 0.380. The Morgan fingerprint density at radius 3 is 2.18 bits per heavy atom. The lowest BCUT2D eigenvalue weighted by atomic mass is 10.1. The predicted molar refractivity (Wildman–Crippen MR) is 57.1 cm³/mol. The van der Waals surface area contributed by atoms with Gasteiger partial charge in [-0.15, -0.1) is 0 Å². The SMILES string of the molecule is NCCc1ccc(CNC(=O)C(F)(F)F)cc1. The predicted octanol–water partition coefficient (Wildman–Crippen LogP) is 1.37. The highest BCUT2D eigenvalue weighted by molar-refractivity contribution is 5.81. The first-order valence-corrected chi connectivity index (χ1v) is 5.06. The highest BCUT2D eigenvalue weighted by Crippen LogP contribution is 2.14. The lowest BCUT2D eigenvalue weighted by molar-refractivity contribution is -0.173. The Hall–Kier alpha value is -1.56. The van der Waals surface area contributed by atoms with Gasteiger partial charge in [0.2, 0.25) is 0 Å². The van der Waals surface area contributed by atoms with Gasteiger partial charge in [-0.05, 0) is 24.1 Å². The molecule has 94 valence electrons. The largest absolute Gasteiger partial charge is 0.471 e. The number of carbonyl (C=O) groups excluding carboxylic acids is 1. The molecule has 0 aliphatic rings. The summed E-state index contributed by atoms with van der Waals surface area (Å²) in [6.07, 6.45) is -4.12. The summed E-state index contributed by atoms with van der Waals surface area (Å²) in [6, 6.07) is 6.90. The first kappa shape index (κ1) is 13.5. The summed E-state index contributed by atoms with van der Waals surface area (Å²) < 4.78 is 35.7. The average molecular weight is 246 g/mol. The molecule has 0 fully saturated rings. The van der Waals surface area contributed by atoms with Crippen LogP contribution in [-0.4, -0.2) is 18.6 Å². The van der Waals surface area contributed by atoms with Gasteiger partial charge in [-0.25, -0.2) is 0 Å². The zero-order valence-corrected chi connectivity index (χ0v) is 9.05. The topological polar surface area (TPSA) is 55.1 Å². The van der Waals surface area contributed by atoms with Gasteiger partial charge in [-0.3, -0.25) is 4.79 Å². The third-order valence-electron chi connectivity index (χ3n) is 2.17. The van der Waals surface area contributed by atoms with Gasteiger partial charge in [-0.1, -0.05) is 24.3 Å². The van der Waals surface area contributed by atoms with Crippen LogP contribution in [0.5, 0.6) is 0 Å². The molecule has 6 heteroatoms. The lowest BCUT2D eigenvalue weighted by Crippen LogP contribution is -2.36. The van der Waals surface area contributed by atoms with Crippen molar-refractivity contribution >= 4 is 5.91 Å². The van der Waals surface area contributed by atoms with Gasteiger partial charge in [-0.2, -0.15) is 13.2 Å². The molecule has 17 heavy (non-hydrogen) atoms. The average Bonchev–Trinajstić information content (AvgIpc) is 2.27. The molecule has 0 radical (unpaired) electrons. The van der Waals surface area contributed by atoms with Gasteiger partial charge in [0, 0.05) is 6.54 Å². The molecule has 0 heterocycles. The molecule has 1 rings (SSSR count). The zero-order valence-electron chi connectivity index (χ0n) is 9.05. The van der Waals surface area contributed by atoms with Crippen LogP contribution in [0.15, 0.2) is 24.3 Å². The number of amides is 1. The molecule has 1 aromatic rings. The Labute approximate surface area is 96.8 Å². The minimum atomic E-state index is -4.83. The standard InChI is InChI=1S/C11H13F3N2O/c12-11(13,14)10(17)16-7-9-3-1-8(2-4-9)5-6-15/h1-4H,5-7,15H2,(H,16,17). The van der Waals surface area contributed by atoms with E-state index in [1.807, 2.05) is 0 Å². The van der Waals surface area contributed by atoms with E-state index in [1.54, 1.807) is 29.6 Å². The quantitative estimate of drug-likeness (QED) is 0.843. The van der Waals surface area contributed by atoms with E-state index in [9.17, 15) is 18.0 Å². The molecule has 0 saturated heterocycles. The molecular formula is C11H13F3N2O. The molecule has 3 N–H and O–H groups in total. The van der Waals surface area contributed by atoms with Crippen molar-refractivity contribution in [2.75, 3.05) is 6.54 Å². The van der Waals surface area contributed by atoms with Crippen LogP contribution in [0.25, 0.3) is 0 Å². The molecule has 0 aliphatic heterocycles. The van der Waals surface area contributed by atoms with Crippen LogP contribution in [0.2, 0.25) is 0 Å². The number of alkyl halides is 3. The fourth-order valence-electron chi connectivity index (χ4n) is 1.27. The van der Waals surface area contributed by atoms with E-state index in [0.29, 0.717) is 12.1 Å². The maximum Gasteiger partial charge on any atom is 0.471 e. The minimum Gasteiger partial charge on any atom is -0.344 e. The van der Waals surface area contributed by atoms with Crippen LogP contribution in [0.4, 0.5) is 13.2 Å². The number of carbonyl (C=O) groups is 1. The van der Waals surface area contributed by atoms with Crippen molar-refractivity contribution in [3.05, 3.63) is 35.4 Å². The minimum absolute atomic E-state index is 0.138. The molecule has 0 saturated carbocycles. The van der Waals surface area contributed by atoms with Crippen molar-refractivity contribution in [3.8, 4) is 0 Å². The summed E-state index contributed by atoms with van der Waals surface area (Å²) in [5.74, 6) is -1.93. The zero-order chi connectivity index (χ0) is 12.9. The molecule has 0 aromatic heterocycles. The van der Waals surface area contributed by atoms with Crippen LogP contribution in [0, 0.1) is 0 Å². The summed E-state index contributed by atoms with van der Waals surface area (Å²) in [5.41, 5.74) is 6.99. The van der Waals surface area contributed by atoms with E-state index in [2.05, 4.69) is 0 Å². The summed E-state index contributed by atoms with van der Waals surface area (Å²) >= 11 is 0. The van der Waals surface area contributed by atoms with Gasteiger partial charge in [0.1, 0.15) is 0 Å². The number of halogens is 3. The van der Waals surface area contributed by atoms with E-state index >= 15 is 0 Å². The molecule has 0 aliphatic carbocycles. The van der Waals surface area contributed by atoms with Crippen molar-refractivity contribution in [1.29, 1.82) is 0 Å². The van der Waals surface area contributed by atoms with Gasteiger partial charge >= 0.3 is 12.1 Å². The van der Waals surface area contributed by atoms with Crippen LogP contribution in [-0.2, 0) is 17.8 Å². The highest BCUT2D eigenvalue weighted by atomic mass is 19.4. The smallest absolute Gasteiger partial charge is 0.344 e. The molecule has 0 bridgehead atoms. The fraction of sp³-hybridized carbons (Fsp3) is 0.364. The van der Waals surface area contributed by atoms with Gasteiger partial charge in [0.25, 0.3) is 0 Å². The van der Waals surface area contributed by atoms with Gasteiger partial charge in [0.05, 0.1) is 0 Å². The number of benzene rings is 1. The third kappa shape index (κ3) is 4.44. The molecule has 0 spiro atoms. The molecule has 0 unspecified atom stereocenters. The maximum absolute atomic E-state index is 11.9. The first-order valence-electron chi connectivity index (χ1n) is 5.06. The summed E-state index contributed by atoms with van der Waals surface area (Å²) in [4.78, 5) is 10.6. The van der Waals surface area contributed by atoms with E-state index in [4.69, 9.17) is 5.73 Å². The number of nitrogens with one attached hydrogen (secondary N) is 1. The highest BCUT2D eigenvalue weighted by Gasteiger charge is 2.38. The number of hydrogen-bond acceptors (Lipinski definition) is 2. The molecule has 1 aromatic carbocycles. The van der Waals surface area contributed by atoms with Crippen molar-refractivity contribution < 1.29 is 18.0 Å². The second-order valence-corrected chi connectivity index (χ2v) is 3.54. The van der Waals surface area contributed by atoms with Crippen LogP contribution < -0.4 is 11.1 Å². The molecular weight excluding hydrogens is 233 g/mol. The number of nitrogens with two attached hydrogens (primary N) is 1. The number of hydrogen-bond donors (Lipinski definition) is 2. The van der Waals surface area contributed by atoms with E-state index in [1.165, 1.54) is 0 Å². The fourth-order valence-corrected chi connectivity index (χ4v) is 1.27. The lowest BCUT2D eigenvalue weighted by Gasteiger charge is -2.08. The Balaban J connectivity index is 2.50. The van der Waals surface area contributed by atoms with E-state index in [-0.39, 0.29) is 6.54 Å². The Morgan fingerprint density at radius 2 is 1.71 bits per heavy atom. The van der Waals surface area contributed by atoms with Crippen LogP contribution >= 0.6 is 0 Å². The normalized spacial score (nSPS) is 11.3. The first-order chi connectivity index (χ1) is 7.93. The van der Waals surface area contributed by atoms with Gasteiger partial charge < -0.3 is 11.1 Å². The van der Waals surface area contributed by atoms with Crippen molar-refractivity contribution in [2.24, 2.45) is 5.73 Å². The van der Waals surface area contributed by atoms with Crippen molar-refractivity contribution in [2.45, 2.75) is 19.1 Å². The van der Waals surface area contributed by atoms with Crippen LogP contribution in [0.1, 0.15) is 11.1 Å². The Morgan fingerprint density at radius 1 is 1.18 bits per heavy atom. The Kier molecular flexibility index (Phi) is 4.51. The summed E-state index contributed by atoms with van der Waals surface area (Å²) in [5, 5.41) is 1.80. The third-order valence-corrected chi connectivity index (χ3v) is 2.17. The molecule has 1 amide bonds. The van der Waals surface area contributed by atoms with E-state index in [0.717, 1.165) is 12.0 Å². The second kappa shape index (κ2) is 5.67. The van der Waals surface area contributed by atoms with Gasteiger partial charge in [0.15, 0.2) is 0 Å². The molecule has 0 atom stereocenters. The second-order valence-electron chi connectivity index (χ2n) is 3.54. The Bertz CT molecular complexity index is 373. The monoisotopic (exact) mass is 246 g/mol.